The summed E-state index contributed by atoms with van der Waals surface area (Å²) >= 11 is 4.57. The van der Waals surface area contributed by atoms with Crippen LogP contribution in [0.1, 0.15) is 0 Å². The van der Waals surface area contributed by atoms with E-state index in [1.807, 2.05) is 0 Å². The minimum atomic E-state index is -4.01. The van der Waals surface area contributed by atoms with Crippen LogP contribution in [0.3, 0.4) is 0 Å². The second-order valence-electron chi connectivity index (χ2n) is 2.20. The van der Waals surface area contributed by atoms with Gasteiger partial charge in [0.2, 0.25) is 0 Å². The largest absolute Gasteiger partial charge is 0.444 e. The summed E-state index contributed by atoms with van der Waals surface area (Å²) < 4.78 is 41.0. The molecule has 0 bridgehead atoms. The molecule has 0 aliphatic rings. The maximum Gasteiger partial charge on any atom is 0.444 e. The van der Waals surface area contributed by atoms with Crippen molar-refractivity contribution in [3.8, 4) is 5.75 Å². The molecule has 1 radical (unpaired) electrons. The van der Waals surface area contributed by atoms with E-state index in [-0.39, 0.29) is 5.75 Å². The van der Waals surface area contributed by atoms with Crippen molar-refractivity contribution in [2.45, 2.75) is 11.7 Å². The summed E-state index contributed by atoms with van der Waals surface area (Å²) in [4.78, 5) is 0. The number of alkyl halides is 4. The van der Waals surface area contributed by atoms with Crippen molar-refractivity contribution in [1.82, 2.24) is 0 Å². The topological polar surface area (TPSA) is 9.23 Å². The van der Waals surface area contributed by atoms with E-state index in [1.165, 1.54) is 24.3 Å². The Kier molecular flexibility index (Phi) is 3.03. The summed E-state index contributed by atoms with van der Waals surface area (Å²) in [6.45, 7) is 0. The number of hydrogen-bond acceptors (Lipinski definition) is 1. The molecular weight excluding hydrogens is 205 g/mol. The van der Waals surface area contributed by atoms with Crippen molar-refractivity contribution in [2.24, 2.45) is 0 Å². The highest BCUT2D eigenvalue weighted by molar-refractivity contribution is 6.20. The zero-order valence-corrected chi connectivity index (χ0v) is 7.06. The fraction of sp³-hybridized carbons (Fsp3) is 0.250. The van der Waals surface area contributed by atoms with Crippen molar-refractivity contribution in [3.05, 3.63) is 30.3 Å². The van der Waals surface area contributed by atoms with Gasteiger partial charge in [-0.15, -0.1) is 0 Å². The number of rotatable bonds is 3. The molecule has 0 amide bonds. The van der Waals surface area contributed by atoms with Crippen molar-refractivity contribution in [3.63, 3.8) is 0 Å². The van der Waals surface area contributed by atoms with Gasteiger partial charge in [0.15, 0.2) is 0 Å². The van der Waals surface area contributed by atoms with Crippen LogP contribution in [0, 0.1) is 6.07 Å². The summed E-state index contributed by atoms with van der Waals surface area (Å²) in [5.41, 5.74) is -2.86. The molecule has 13 heavy (non-hydrogen) atoms. The van der Waals surface area contributed by atoms with E-state index in [0.717, 1.165) is 0 Å². The summed E-state index contributed by atoms with van der Waals surface area (Å²) in [5, 5.41) is 0. The predicted molar refractivity (Wildman–Crippen MR) is 41.6 cm³/mol. The normalized spacial score (nSPS) is 13.8. The second-order valence-corrected chi connectivity index (χ2v) is 2.58. The molecule has 0 heterocycles. The Hall–Kier alpha value is -0.900. The van der Waals surface area contributed by atoms with Crippen molar-refractivity contribution in [1.29, 1.82) is 0 Å². The first-order valence-corrected chi connectivity index (χ1v) is 3.77. The molecule has 1 aromatic carbocycles. The molecule has 0 saturated carbocycles. The van der Waals surface area contributed by atoms with Crippen LogP contribution in [-0.4, -0.2) is 11.7 Å². The van der Waals surface area contributed by atoms with Crippen molar-refractivity contribution in [2.75, 3.05) is 0 Å². The maximum absolute atomic E-state index is 12.5. The Morgan fingerprint density at radius 3 is 2.38 bits per heavy atom. The summed E-state index contributed by atoms with van der Waals surface area (Å²) in [7, 11) is 0. The summed E-state index contributed by atoms with van der Waals surface area (Å²) in [6.07, 6.45) is -4.01. The molecule has 0 aromatic heterocycles. The van der Waals surface area contributed by atoms with Crippen LogP contribution < -0.4 is 4.74 Å². The Balaban J connectivity index is 2.69. The van der Waals surface area contributed by atoms with Gasteiger partial charge in [-0.3, -0.25) is 0 Å². The first kappa shape index (κ1) is 10.2. The third-order valence-electron chi connectivity index (χ3n) is 1.20. The van der Waals surface area contributed by atoms with Gasteiger partial charge in [0.25, 0.3) is 5.63 Å². The van der Waals surface area contributed by atoms with Crippen LogP contribution in [0.5, 0.6) is 5.75 Å². The molecule has 1 nitrogen and oxygen atoms in total. The molecule has 0 aliphatic carbocycles. The van der Waals surface area contributed by atoms with Gasteiger partial charge < -0.3 is 4.74 Å². The second kappa shape index (κ2) is 3.87. The van der Waals surface area contributed by atoms with Crippen molar-refractivity contribution < 1.29 is 17.9 Å². The van der Waals surface area contributed by atoms with Crippen LogP contribution in [0.25, 0.3) is 0 Å². The highest BCUT2D eigenvalue weighted by Gasteiger charge is 2.41. The van der Waals surface area contributed by atoms with Crippen LogP contribution in [-0.2, 0) is 0 Å². The average Bonchev–Trinajstić information content (AvgIpc) is 2.05. The minimum Gasteiger partial charge on any atom is -0.429 e. The number of halogens is 4. The summed E-state index contributed by atoms with van der Waals surface area (Å²) in [5.74, 6) is -0.160. The zero-order chi connectivity index (χ0) is 9.90. The highest BCUT2D eigenvalue weighted by atomic mass is 35.5. The fourth-order valence-corrected chi connectivity index (χ4v) is 0.686. The van der Waals surface area contributed by atoms with E-state index in [2.05, 4.69) is 22.4 Å². The SMILES string of the molecule is FC(Cl)C(F)(F)Oc1cc[c]cc1. The lowest BCUT2D eigenvalue weighted by atomic mass is 10.3. The van der Waals surface area contributed by atoms with E-state index >= 15 is 0 Å². The van der Waals surface area contributed by atoms with Gasteiger partial charge in [-0.2, -0.15) is 8.78 Å². The Morgan fingerprint density at radius 2 is 1.92 bits per heavy atom. The molecule has 1 aromatic rings. The van der Waals surface area contributed by atoms with Gasteiger partial charge in [0, 0.05) is 0 Å². The average molecular weight is 210 g/mol. The van der Waals surface area contributed by atoms with Crippen LogP contribution in [0.15, 0.2) is 24.3 Å². The van der Waals surface area contributed by atoms with E-state index < -0.39 is 11.7 Å². The third kappa shape index (κ3) is 2.81. The first-order chi connectivity index (χ1) is 6.02. The fourth-order valence-electron chi connectivity index (χ4n) is 0.641. The van der Waals surface area contributed by atoms with E-state index in [1.54, 1.807) is 0 Å². The van der Waals surface area contributed by atoms with E-state index in [0.29, 0.717) is 0 Å². The molecule has 0 saturated heterocycles. The van der Waals surface area contributed by atoms with Gasteiger partial charge in [0.05, 0.1) is 0 Å². The first-order valence-electron chi connectivity index (χ1n) is 3.33. The number of ether oxygens (including phenoxy) is 1. The smallest absolute Gasteiger partial charge is 0.429 e. The van der Waals surface area contributed by atoms with E-state index in [4.69, 9.17) is 0 Å². The molecule has 0 aliphatic heterocycles. The predicted octanol–water partition coefficient (Wildman–Crippen LogP) is 2.99. The quantitative estimate of drug-likeness (QED) is 0.696. The van der Waals surface area contributed by atoms with Crippen molar-refractivity contribution >= 4 is 11.6 Å². The van der Waals surface area contributed by atoms with Gasteiger partial charge in [0.1, 0.15) is 5.75 Å². The molecule has 1 atom stereocenters. The van der Waals surface area contributed by atoms with Gasteiger partial charge in [-0.05, 0) is 18.2 Å². The lowest BCUT2D eigenvalue weighted by molar-refractivity contribution is -0.199. The molecule has 1 unspecified atom stereocenters. The Labute approximate surface area is 78.1 Å². The Morgan fingerprint density at radius 1 is 1.38 bits per heavy atom. The zero-order valence-electron chi connectivity index (χ0n) is 6.31. The maximum atomic E-state index is 12.5. The lowest BCUT2D eigenvalue weighted by Gasteiger charge is -2.17. The van der Waals surface area contributed by atoms with Gasteiger partial charge in [-0.1, -0.05) is 23.7 Å². The number of benzene rings is 1. The molecule has 0 N–H and O–H groups in total. The number of hydrogen-bond donors (Lipinski definition) is 0. The molecule has 0 fully saturated rings. The highest BCUT2D eigenvalue weighted by Crippen LogP contribution is 2.28. The molecule has 71 valence electrons. The molecule has 5 heteroatoms. The molecular formula is C8H5ClF3O. The standard InChI is InChI=1S/C8H5ClF3O/c9-7(10)8(11,12)13-6-4-2-1-3-5-6/h2-5,7H. The lowest BCUT2D eigenvalue weighted by Crippen LogP contribution is -2.32. The van der Waals surface area contributed by atoms with Crippen LogP contribution in [0.4, 0.5) is 13.2 Å². The third-order valence-corrected chi connectivity index (χ3v) is 1.45. The van der Waals surface area contributed by atoms with Gasteiger partial charge in [-0.25, -0.2) is 4.39 Å². The summed E-state index contributed by atoms with van der Waals surface area (Å²) in [6, 6.07) is 7.79. The Bertz CT molecular complexity index is 263. The van der Waals surface area contributed by atoms with Gasteiger partial charge >= 0.3 is 6.11 Å². The molecule has 0 spiro atoms. The monoisotopic (exact) mass is 209 g/mol. The van der Waals surface area contributed by atoms with E-state index in [9.17, 15) is 13.2 Å². The van der Waals surface area contributed by atoms with Crippen LogP contribution in [0.2, 0.25) is 0 Å². The minimum absolute atomic E-state index is 0.160. The van der Waals surface area contributed by atoms with Crippen LogP contribution >= 0.6 is 11.6 Å². The molecule has 1 rings (SSSR count).